The number of fused-ring (bicyclic) bond motifs is 4. The smallest absolute Gasteiger partial charge is 0.315 e. The maximum Gasteiger partial charge on any atom is 0.315 e. The topological polar surface area (TPSA) is 75.3 Å². The van der Waals surface area contributed by atoms with Crippen LogP contribution in [0.3, 0.4) is 0 Å². The summed E-state index contributed by atoms with van der Waals surface area (Å²) in [5.74, 6) is 0.214. The number of halogens is 1. The van der Waals surface area contributed by atoms with Gasteiger partial charge in [0.05, 0.1) is 23.9 Å². The lowest BCUT2D eigenvalue weighted by molar-refractivity contribution is -0.142. The molecule has 4 aromatic rings. The van der Waals surface area contributed by atoms with Gasteiger partial charge < -0.3 is 14.6 Å². The number of aromatic nitrogens is 2. The fourth-order valence-corrected chi connectivity index (χ4v) is 6.43. The van der Waals surface area contributed by atoms with Gasteiger partial charge in [-0.2, -0.15) is 0 Å². The molecule has 2 aliphatic rings. The zero-order valence-electron chi connectivity index (χ0n) is 18.9. The molecule has 6 rings (SSSR count). The molecule has 1 aliphatic heterocycles. The minimum Gasteiger partial charge on any atom is -0.468 e. The number of hydrogen-bond acceptors (Lipinski definition) is 6. The third-order valence-corrected chi connectivity index (χ3v) is 8.50. The SMILES string of the molecule is CCC1CC1C(=O)c1ccc2nc(N3Cc4[nH]c5ccc(Cl)cc5c4C(C(=O)OC)C3)sc2c1. The molecular formula is C26H24ClN3O3S. The van der Waals surface area contributed by atoms with Gasteiger partial charge in [-0.25, -0.2) is 4.98 Å². The molecule has 0 amide bonds. The summed E-state index contributed by atoms with van der Waals surface area (Å²) >= 11 is 7.81. The predicted molar refractivity (Wildman–Crippen MR) is 135 cm³/mol. The van der Waals surface area contributed by atoms with Crippen molar-refractivity contribution in [3.63, 3.8) is 0 Å². The van der Waals surface area contributed by atoms with Crippen LogP contribution in [0.25, 0.3) is 21.1 Å². The van der Waals surface area contributed by atoms with Crippen molar-refractivity contribution >= 4 is 60.9 Å². The Morgan fingerprint density at radius 1 is 1.26 bits per heavy atom. The predicted octanol–water partition coefficient (Wildman–Crippen LogP) is 5.94. The van der Waals surface area contributed by atoms with Crippen molar-refractivity contribution in [2.45, 2.75) is 32.2 Å². The van der Waals surface area contributed by atoms with Crippen LogP contribution in [-0.4, -0.2) is 35.4 Å². The van der Waals surface area contributed by atoms with E-state index in [4.69, 9.17) is 21.3 Å². The molecule has 1 saturated carbocycles. The van der Waals surface area contributed by atoms with Crippen LogP contribution in [0.2, 0.25) is 5.02 Å². The Kier molecular flexibility index (Phi) is 5.15. The second kappa shape index (κ2) is 8.10. The van der Waals surface area contributed by atoms with E-state index in [1.54, 1.807) is 11.3 Å². The van der Waals surface area contributed by atoms with Gasteiger partial charge in [0.15, 0.2) is 10.9 Å². The quantitative estimate of drug-likeness (QED) is 0.275. The van der Waals surface area contributed by atoms with Gasteiger partial charge in [-0.1, -0.05) is 36.3 Å². The number of H-pyrrole nitrogens is 1. The van der Waals surface area contributed by atoms with Crippen molar-refractivity contribution in [1.82, 2.24) is 9.97 Å². The van der Waals surface area contributed by atoms with Crippen LogP contribution >= 0.6 is 22.9 Å². The number of aromatic amines is 1. The third kappa shape index (κ3) is 3.49. The largest absolute Gasteiger partial charge is 0.468 e. The highest BCUT2D eigenvalue weighted by Gasteiger charge is 2.41. The third-order valence-electron chi connectivity index (χ3n) is 7.18. The second-order valence-corrected chi connectivity index (χ2v) is 10.7. The van der Waals surface area contributed by atoms with Crippen molar-refractivity contribution in [2.75, 3.05) is 18.6 Å². The Labute approximate surface area is 205 Å². The van der Waals surface area contributed by atoms with Crippen LogP contribution in [-0.2, 0) is 16.1 Å². The van der Waals surface area contributed by atoms with Crippen molar-refractivity contribution in [3.8, 4) is 0 Å². The normalized spacial score (nSPS) is 21.6. The molecule has 1 N–H and O–H groups in total. The van der Waals surface area contributed by atoms with E-state index >= 15 is 0 Å². The summed E-state index contributed by atoms with van der Waals surface area (Å²) in [5, 5.41) is 2.41. The summed E-state index contributed by atoms with van der Waals surface area (Å²) in [5.41, 5.74) is 4.49. The molecule has 0 saturated heterocycles. The van der Waals surface area contributed by atoms with Crippen molar-refractivity contribution in [1.29, 1.82) is 0 Å². The lowest BCUT2D eigenvalue weighted by Crippen LogP contribution is -2.37. The van der Waals surface area contributed by atoms with Crippen LogP contribution in [0.4, 0.5) is 5.13 Å². The number of Topliss-reactive ketones (excluding diaryl/α,β-unsaturated/α-hetero) is 1. The minimum absolute atomic E-state index is 0.173. The first-order chi connectivity index (χ1) is 16.5. The zero-order valence-corrected chi connectivity index (χ0v) is 20.5. The Bertz CT molecular complexity index is 1460. The molecule has 3 heterocycles. The highest BCUT2D eigenvalue weighted by molar-refractivity contribution is 7.22. The van der Waals surface area contributed by atoms with Gasteiger partial charge in [0.2, 0.25) is 0 Å². The molecule has 34 heavy (non-hydrogen) atoms. The molecule has 0 radical (unpaired) electrons. The van der Waals surface area contributed by atoms with Gasteiger partial charge in [0, 0.05) is 39.6 Å². The highest BCUT2D eigenvalue weighted by atomic mass is 35.5. The molecule has 6 nitrogen and oxygen atoms in total. The fourth-order valence-electron chi connectivity index (χ4n) is 5.25. The number of carbonyl (C=O) groups is 2. The molecule has 0 spiro atoms. The number of hydrogen-bond donors (Lipinski definition) is 1. The van der Waals surface area contributed by atoms with Crippen LogP contribution in [0.5, 0.6) is 0 Å². The van der Waals surface area contributed by atoms with E-state index in [0.717, 1.165) is 55.9 Å². The molecule has 8 heteroatoms. The van der Waals surface area contributed by atoms with Gasteiger partial charge >= 0.3 is 5.97 Å². The first-order valence-electron chi connectivity index (χ1n) is 11.5. The van der Waals surface area contributed by atoms with Crippen LogP contribution in [0.15, 0.2) is 36.4 Å². The Hall–Kier alpha value is -2.90. The van der Waals surface area contributed by atoms with Gasteiger partial charge in [-0.3, -0.25) is 9.59 Å². The molecule has 1 aliphatic carbocycles. The van der Waals surface area contributed by atoms with Crippen LogP contribution in [0, 0.1) is 11.8 Å². The number of ketones is 1. The van der Waals surface area contributed by atoms with Crippen molar-refractivity contribution in [2.24, 2.45) is 11.8 Å². The zero-order chi connectivity index (χ0) is 23.6. The number of methoxy groups -OCH3 is 1. The lowest BCUT2D eigenvalue weighted by atomic mass is 9.92. The molecule has 2 aromatic carbocycles. The van der Waals surface area contributed by atoms with Crippen molar-refractivity contribution < 1.29 is 14.3 Å². The summed E-state index contributed by atoms with van der Waals surface area (Å²) < 4.78 is 6.14. The number of nitrogens with zero attached hydrogens (tertiary/aromatic N) is 2. The number of rotatable bonds is 5. The van der Waals surface area contributed by atoms with Crippen molar-refractivity contribution in [3.05, 3.63) is 58.2 Å². The van der Waals surface area contributed by atoms with E-state index in [-0.39, 0.29) is 17.7 Å². The first kappa shape index (κ1) is 21.6. The number of ether oxygens (including phenoxy) is 1. The van der Waals surface area contributed by atoms with E-state index in [1.165, 1.54) is 7.11 Å². The van der Waals surface area contributed by atoms with E-state index in [9.17, 15) is 9.59 Å². The van der Waals surface area contributed by atoms with E-state index in [2.05, 4.69) is 16.8 Å². The lowest BCUT2D eigenvalue weighted by Gasteiger charge is -2.31. The Balaban J connectivity index is 1.36. The number of anilines is 1. The van der Waals surface area contributed by atoms with Gasteiger partial charge in [-0.15, -0.1) is 0 Å². The maximum atomic E-state index is 12.8. The maximum absolute atomic E-state index is 12.8. The molecule has 0 bridgehead atoms. The monoisotopic (exact) mass is 493 g/mol. The average molecular weight is 494 g/mol. The number of thiazole rings is 1. The molecule has 1 fully saturated rings. The molecule has 3 atom stereocenters. The summed E-state index contributed by atoms with van der Waals surface area (Å²) in [7, 11) is 1.42. The minimum atomic E-state index is -0.453. The molecule has 2 aromatic heterocycles. The number of carbonyl (C=O) groups excluding carboxylic acids is 2. The molecular weight excluding hydrogens is 470 g/mol. The second-order valence-electron chi connectivity index (χ2n) is 9.22. The van der Waals surface area contributed by atoms with E-state index in [1.807, 2.05) is 36.4 Å². The first-order valence-corrected chi connectivity index (χ1v) is 12.7. The summed E-state index contributed by atoms with van der Waals surface area (Å²) in [4.78, 5) is 36.0. The van der Waals surface area contributed by atoms with Gasteiger partial charge in [0.1, 0.15) is 5.92 Å². The average Bonchev–Trinajstić information content (AvgIpc) is 3.37. The van der Waals surface area contributed by atoms with Gasteiger partial charge in [-0.05, 0) is 54.3 Å². The number of esters is 1. The Morgan fingerprint density at radius 2 is 2.12 bits per heavy atom. The van der Waals surface area contributed by atoms with E-state index < -0.39 is 5.92 Å². The molecule has 3 unspecified atom stereocenters. The number of benzene rings is 2. The standard InChI is InChI=1S/C26H24ClN3O3S/c1-3-13-8-16(13)24(31)14-4-6-20-22(9-14)34-26(29-20)30-11-18(25(32)33-2)23-17-10-15(27)5-7-19(17)28-21(23)12-30/h4-7,9-10,13,16,18,28H,3,8,11-12H2,1-2H3. The van der Waals surface area contributed by atoms with E-state index in [0.29, 0.717) is 24.0 Å². The van der Waals surface area contributed by atoms with Crippen LogP contribution in [0.1, 0.15) is 47.3 Å². The summed E-state index contributed by atoms with van der Waals surface area (Å²) in [6.45, 7) is 3.20. The number of nitrogens with one attached hydrogen (secondary N) is 1. The fraction of sp³-hybridized carbons (Fsp3) is 0.346. The Morgan fingerprint density at radius 3 is 2.88 bits per heavy atom. The van der Waals surface area contributed by atoms with Gasteiger partial charge in [0.25, 0.3) is 0 Å². The van der Waals surface area contributed by atoms with Crippen LogP contribution < -0.4 is 4.90 Å². The molecule has 174 valence electrons. The summed E-state index contributed by atoms with van der Waals surface area (Å²) in [6.07, 6.45) is 2.06. The highest BCUT2D eigenvalue weighted by Crippen LogP contribution is 2.44. The summed E-state index contributed by atoms with van der Waals surface area (Å²) in [6, 6.07) is 11.5.